The predicted octanol–water partition coefficient (Wildman–Crippen LogP) is 8.41. The van der Waals surface area contributed by atoms with Gasteiger partial charge in [-0.2, -0.15) is 0 Å². The van der Waals surface area contributed by atoms with Crippen LogP contribution in [0.15, 0.2) is 72.8 Å². The van der Waals surface area contributed by atoms with E-state index in [0.717, 1.165) is 116 Å². The quantitative estimate of drug-likeness (QED) is 0.0101. The number of carbonyl (C=O) groups is 16. The third-order valence-electron chi connectivity index (χ3n) is 19.5. The number of imide groups is 8. The lowest BCUT2D eigenvalue weighted by Gasteiger charge is -2.27. The van der Waals surface area contributed by atoms with E-state index in [4.69, 9.17) is 16.7 Å². The van der Waals surface area contributed by atoms with Gasteiger partial charge in [-0.1, -0.05) is 124 Å². The first kappa shape index (κ1) is 81.4. The van der Waals surface area contributed by atoms with Crippen molar-refractivity contribution < 1.29 is 86.2 Å². The molecule has 0 spiro atoms. The van der Waals surface area contributed by atoms with Gasteiger partial charge in [0.05, 0.1) is 44.5 Å². The van der Waals surface area contributed by atoms with Gasteiger partial charge in [0.15, 0.2) is 0 Å². The second kappa shape index (κ2) is 39.2. The Morgan fingerprint density at radius 2 is 0.617 bits per heavy atom. The van der Waals surface area contributed by atoms with Crippen molar-refractivity contribution in [2.75, 3.05) is 52.5 Å². The Morgan fingerprint density at radius 3 is 0.897 bits per heavy atom. The summed E-state index contributed by atoms with van der Waals surface area (Å²) in [5, 5.41) is 27.3. The molecule has 0 bridgehead atoms. The van der Waals surface area contributed by atoms with E-state index in [9.17, 15) is 81.1 Å². The van der Waals surface area contributed by atoms with E-state index in [0.29, 0.717) is 63.8 Å². The minimum Gasteiger partial charge on any atom is -0.396 e. The molecule has 4 aromatic carbocycles. The molecule has 0 saturated carbocycles. The Labute approximate surface area is 636 Å². The van der Waals surface area contributed by atoms with Crippen molar-refractivity contribution in [2.24, 2.45) is 0 Å². The average Bonchev–Trinajstić information content (AvgIpc) is 1.63. The molecule has 12 rings (SSSR count). The average molecular weight is 1610 g/mol. The number of aliphatic hydroxyl groups is 1. The maximum absolute atomic E-state index is 13.7. The highest BCUT2D eigenvalue weighted by Gasteiger charge is 2.50. The van der Waals surface area contributed by atoms with Crippen molar-refractivity contribution in [3.05, 3.63) is 123 Å². The van der Waals surface area contributed by atoms with Gasteiger partial charge in [-0.25, -0.2) is 4.39 Å². The highest BCUT2D eigenvalue weighted by molar-refractivity contribution is 14.1. The number of hydrogen-bond acceptors (Lipinski definition) is 20. The van der Waals surface area contributed by atoms with Crippen LogP contribution in [0.25, 0.3) is 0 Å². The van der Waals surface area contributed by atoms with Crippen LogP contribution in [0.5, 0.6) is 0 Å². The molecule has 4 aromatic rings. The lowest BCUT2D eigenvalue weighted by atomic mass is 10.0. The Kier molecular flexibility index (Phi) is 29.9. The molecule has 4 unspecified atom stereocenters. The first-order valence-electron chi connectivity index (χ1n) is 36.6. The zero-order valence-electron chi connectivity index (χ0n) is 59.3. The van der Waals surface area contributed by atoms with Crippen LogP contribution < -0.4 is 37.2 Å². The second-order valence-electron chi connectivity index (χ2n) is 26.9. The molecule has 31 heteroatoms. The summed E-state index contributed by atoms with van der Waals surface area (Å²) in [4.78, 5) is 199. The molecule has 8 aliphatic heterocycles. The molecular formula is C76H88ClFIN11O17. The van der Waals surface area contributed by atoms with Gasteiger partial charge < -0.3 is 21.1 Å². The molecule has 570 valence electrons. The molecule has 0 aromatic heterocycles. The fourth-order valence-corrected chi connectivity index (χ4v) is 14.7. The summed E-state index contributed by atoms with van der Waals surface area (Å²) < 4.78 is 14.9. The number of nitrogens with one attached hydrogen (secondary N) is 7. The van der Waals surface area contributed by atoms with Gasteiger partial charge in [0.2, 0.25) is 47.3 Å². The maximum atomic E-state index is 13.7. The number of fused-ring (bicyclic) bond motifs is 4. The number of alkyl halides is 2. The zero-order valence-corrected chi connectivity index (χ0v) is 62.2. The van der Waals surface area contributed by atoms with Gasteiger partial charge in [0, 0.05) is 74.9 Å². The van der Waals surface area contributed by atoms with Gasteiger partial charge in [-0.15, -0.1) is 11.6 Å². The molecule has 8 aliphatic rings. The largest absolute Gasteiger partial charge is 0.396 e. The van der Waals surface area contributed by atoms with Crippen molar-refractivity contribution in [2.45, 2.75) is 191 Å². The first-order valence-corrected chi connectivity index (χ1v) is 38.7. The Hall–Kier alpha value is -9.69. The topological polar surface area (TPSA) is 391 Å². The third kappa shape index (κ3) is 19.7. The third-order valence-corrected chi connectivity index (χ3v) is 20.5. The standard InChI is InChI=1S/C21H26ClN3O4.C21H26IN3O4.C21H27N3O5.C13H9FN2O4/c2*22-12-5-3-1-2-4-6-13-23-15-9-7-8-14-18(15)21(29)25(20(14)28)16-10-11-17(26)24-19(16)27;25-13-6-4-2-1-3-5-12-22-15-9-7-8-14-18(15)21(29)24(20(14)28)16-10-11-17(26)23-19(16)27;14-7-3-1-2-6-10(7)13(20)16(12(6)19)8-4-5-9(17)15-11(8)18/h2*7-9,16,23H,1-6,10-13H2,(H,24,26,27);7-9,16,22,25H,1-6,10-13H2,(H,23,26,27);1-3,8H,4-5H2,(H,15,17,18). The Balaban J connectivity index is 0.000000166. The van der Waals surface area contributed by atoms with E-state index in [1.807, 2.05) is 0 Å². The molecule has 4 atom stereocenters. The van der Waals surface area contributed by atoms with E-state index in [2.05, 4.69) is 59.8 Å². The highest BCUT2D eigenvalue weighted by atomic mass is 127. The molecule has 0 radical (unpaired) electrons. The summed E-state index contributed by atoms with van der Waals surface area (Å²) in [6.45, 7) is 2.34. The summed E-state index contributed by atoms with van der Waals surface area (Å²) in [6.07, 6.45) is 20.6. The van der Waals surface area contributed by atoms with Crippen LogP contribution in [0.2, 0.25) is 0 Å². The van der Waals surface area contributed by atoms with Crippen molar-refractivity contribution in [1.82, 2.24) is 40.9 Å². The molecule has 107 heavy (non-hydrogen) atoms. The summed E-state index contributed by atoms with van der Waals surface area (Å²) in [6, 6.07) is 15.2. The van der Waals surface area contributed by atoms with Crippen molar-refractivity contribution in [1.29, 1.82) is 0 Å². The number of hydrogen-bond donors (Lipinski definition) is 8. The molecule has 4 fully saturated rings. The molecule has 4 saturated heterocycles. The van der Waals surface area contributed by atoms with E-state index in [1.54, 1.807) is 54.6 Å². The molecule has 8 heterocycles. The van der Waals surface area contributed by atoms with Gasteiger partial charge in [-0.3, -0.25) is 118 Å². The van der Waals surface area contributed by atoms with Gasteiger partial charge >= 0.3 is 0 Å². The summed E-state index contributed by atoms with van der Waals surface area (Å²) in [7, 11) is 0. The first-order chi connectivity index (χ1) is 51.6. The minimum atomic E-state index is -1.07. The SMILES string of the molecule is O=C1CCC(N2C(=O)c3cccc(F)c3C2=O)C(=O)N1.O=C1CCC(N2C(=O)c3cccc(NCCCCCCCCCl)c3C2=O)C(=O)N1.O=C1CCC(N2C(=O)c3cccc(NCCCCCCCCI)c3C2=O)C(=O)N1.O=C1CCC(N2C(=O)c3cccc(NCCCCCCCCO)c3C2=O)C(=O)N1. The van der Waals surface area contributed by atoms with Crippen molar-refractivity contribution >= 4 is 146 Å². The van der Waals surface area contributed by atoms with E-state index in [1.165, 1.54) is 48.7 Å². The monoisotopic (exact) mass is 1610 g/mol. The van der Waals surface area contributed by atoms with Crippen LogP contribution in [0.4, 0.5) is 21.5 Å². The number of carbonyl (C=O) groups excluding carboxylic acids is 16. The van der Waals surface area contributed by atoms with E-state index < -0.39 is 107 Å². The number of rotatable bonds is 31. The molecule has 16 amide bonds. The minimum absolute atomic E-state index is 0.0340. The van der Waals surface area contributed by atoms with Crippen LogP contribution >= 0.6 is 34.2 Å². The Morgan fingerprint density at radius 1 is 0.355 bits per heavy atom. The summed E-state index contributed by atoms with van der Waals surface area (Å²) in [5.74, 6) is -8.63. The van der Waals surface area contributed by atoms with E-state index >= 15 is 0 Å². The highest BCUT2D eigenvalue weighted by Crippen LogP contribution is 2.37. The smallest absolute Gasteiger partial charge is 0.265 e. The number of halogens is 3. The van der Waals surface area contributed by atoms with Gasteiger partial charge in [-0.05, 0) is 117 Å². The van der Waals surface area contributed by atoms with E-state index in [-0.39, 0.29) is 92.4 Å². The van der Waals surface area contributed by atoms with Crippen molar-refractivity contribution in [3.63, 3.8) is 0 Å². The lowest BCUT2D eigenvalue weighted by Crippen LogP contribution is -2.54. The fourth-order valence-electron chi connectivity index (χ4n) is 13.9. The fraction of sp³-hybridized carbons (Fsp3) is 0.474. The molecule has 8 N–H and O–H groups in total. The number of unbranched alkanes of at least 4 members (excludes halogenated alkanes) is 15. The summed E-state index contributed by atoms with van der Waals surface area (Å²) in [5.41, 5.74) is 3.28. The van der Waals surface area contributed by atoms with Crippen LogP contribution in [-0.2, 0) is 38.4 Å². The molecule has 28 nitrogen and oxygen atoms in total. The number of anilines is 3. The van der Waals surface area contributed by atoms with Crippen LogP contribution in [0.1, 0.15) is 250 Å². The number of aliphatic hydroxyl groups excluding tert-OH is 1. The van der Waals surface area contributed by atoms with Crippen LogP contribution in [0.3, 0.4) is 0 Å². The number of benzene rings is 4. The molecule has 0 aliphatic carbocycles. The normalized spacial score (nSPS) is 19.4. The number of piperidine rings is 4. The van der Waals surface area contributed by atoms with Gasteiger partial charge in [0.25, 0.3) is 47.3 Å². The number of nitrogens with zero attached hydrogens (tertiary/aromatic N) is 4. The number of amides is 16. The van der Waals surface area contributed by atoms with Crippen LogP contribution in [-0.4, -0.2) is 180 Å². The Bertz CT molecular complexity index is 3820. The predicted molar refractivity (Wildman–Crippen MR) is 398 cm³/mol. The van der Waals surface area contributed by atoms with Crippen molar-refractivity contribution in [3.8, 4) is 0 Å². The second-order valence-corrected chi connectivity index (χ2v) is 28.3. The maximum Gasteiger partial charge on any atom is 0.265 e. The van der Waals surface area contributed by atoms with Gasteiger partial charge in [0.1, 0.15) is 30.0 Å². The summed E-state index contributed by atoms with van der Waals surface area (Å²) >= 11 is 8.07. The molecular weight excluding hydrogens is 1520 g/mol. The zero-order chi connectivity index (χ0) is 76.8. The van der Waals surface area contributed by atoms with Crippen LogP contribution in [0, 0.1) is 5.82 Å². The lowest BCUT2D eigenvalue weighted by molar-refractivity contribution is -0.137.